The number of alkyl halides is 1. The molecular weight excluding hydrogens is 222 g/mol. The van der Waals surface area contributed by atoms with Crippen molar-refractivity contribution in [1.82, 2.24) is 9.97 Å². The van der Waals surface area contributed by atoms with E-state index < -0.39 is 0 Å². The highest BCUT2D eigenvalue weighted by Gasteiger charge is 2.26. The summed E-state index contributed by atoms with van der Waals surface area (Å²) in [6.45, 7) is 2.98. The molecule has 0 spiro atoms. The zero-order valence-corrected chi connectivity index (χ0v) is 10.5. The van der Waals surface area contributed by atoms with E-state index in [4.69, 9.17) is 11.6 Å². The predicted molar refractivity (Wildman–Crippen MR) is 67.1 cm³/mol. The van der Waals surface area contributed by atoms with Gasteiger partial charge in [-0.05, 0) is 38.7 Å². The first-order chi connectivity index (χ1) is 7.81. The SMILES string of the molecule is Cc1ccnc(N(CCCCl)C2CCC2)n1. The summed E-state index contributed by atoms with van der Waals surface area (Å²) >= 11 is 5.76. The molecule has 1 aromatic heterocycles. The molecule has 1 heterocycles. The van der Waals surface area contributed by atoms with Gasteiger partial charge in [0.2, 0.25) is 5.95 Å². The number of nitrogens with zero attached hydrogens (tertiary/aromatic N) is 3. The van der Waals surface area contributed by atoms with E-state index in [9.17, 15) is 0 Å². The molecule has 0 N–H and O–H groups in total. The molecule has 1 fully saturated rings. The Hall–Kier alpha value is -0.830. The molecule has 0 amide bonds. The highest BCUT2D eigenvalue weighted by atomic mass is 35.5. The predicted octanol–water partition coefficient (Wildman–Crippen LogP) is 2.77. The number of aromatic nitrogens is 2. The molecule has 0 bridgehead atoms. The molecule has 1 aromatic rings. The quantitative estimate of drug-likeness (QED) is 0.740. The molecule has 0 aromatic carbocycles. The summed E-state index contributed by atoms with van der Waals surface area (Å²) in [6.07, 6.45) is 6.69. The van der Waals surface area contributed by atoms with Crippen molar-refractivity contribution in [3.63, 3.8) is 0 Å². The van der Waals surface area contributed by atoms with Gasteiger partial charge in [0.05, 0.1) is 0 Å². The van der Waals surface area contributed by atoms with E-state index >= 15 is 0 Å². The lowest BCUT2D eigenvalue weighted by Crippen LogP contribution is -2.42. The van der Waals surface area contributed by atoms with Crippen LogP contribution in [0.5, 0.6) is 0 Å². The first kappa shape index (κ1) is 11.6. The Bertz CT molecular complexity index is 339. The molecule has 1 saturated carbocycles. The van der Waals surface area contributed by atoms with Crippen LogP contribution in [0.25, 0.3) is 0 Å². The highest BCUT2D eigenvalue weighted by Crippen LogP contribution is 2.27. The molecule has 1 aliphatic rings. The molecule has 88 valence electrons. The molecule has 1 aliphatic carbocycles. The molecule has 16 heavy (non-hydrogen) atoms. The molecule has 0 aliphatic heterocycles. The molecule has 0 unspecified atom stereocenters. The van der Waals surface area contributed by atoms with E-state index in [-0.39, 0.29) is 0 Å². The van der Waals surface area contributed by atoms with Gasteiger partial charge in [-0.1, -0.05) is 0 Å². The van der Waals surface area contributed by atoms with Crippen molar-refractivity contribution in [3.8, 4) is 0 Å². The molecular formula is C12H18ClN3. The fraction of sp³-hybridized carbons (Fsp3) is 0.667. The maximum atomic E-state index is 5.76. The number of aryl methyl sites for hydroxylation is 1. The topological polar surface area (TPSA) is 29.0 Å². The lowest BCUT2D eigenvalue weighted by atomic mass is 9.91. The maximum absolute atomic E-state index is 5.76. The number of anilines is 1. The zero-order chi connectivity index (χ0) is 11.4. The van der Waals surface area contributed by atoms with Crippen molar-refractivity contribution in [2.75, 3.05) is 17.3 Å². The van der Waals surface area contributed by atoms with E-state index in [1.54, 1.807) is 0 Å². The minimum Gasteiger partial charge on any atom is -0.338 e. The van der Waals surface area contributed by atoms with Gasteiger partial charge in [0.25, 0.3) is 0 Å². The minimum atomic E-state index is 0.630. The monoisotopic (exact) mass is 239 g/mol. The zero-order valence-electron chi connectivity index (χ0n) is 9.69. The fourth-order valence-electron chi connectivity index (χ4n) is 1.95. The van der Waals surface area contributed by atoms with Crippen molar-refractivity contribution in [2.45, 2.75) is 38.6 Å². The number of halogens is 1. The van der Waals surface area contributed by atoms with Crippen molar-refractivity contribution in [1.29, 1.82) is 0 Å². The van der Waals surface area contributed by atoms with Crippen molar-refractivity contribution >= 4 is 17.5 Å². The maximum Gasteiger partial charge on any atom is 0.225 e. The number of rotatable bonds is 5. The van der Waals surface area contributed by atoms with Crippen LogP contribution in [0.3, 0.4) is 0 Å². The largest absolute Gasteiger partial charge is 0.338 e. The van der Waals surface area contributed by atoms with Crippen LogP contribution < -0.4 is 4.90 Å². The minimum absolute atomic E-state index is 0.630. The third-order valence-corrected chi connectivity index (χ3v) is 3.35. The van der Waals surface area contributed by atoms with E-state index in [2.05, 4.69) is 14.9 Å². The summed E-state index contributed by atoms with van der Waals surface area (Å²) in [5.74, 6) is 1.57. The Kier molecular flexibility index (Phi) is 3.99. The van der Waals surface area contributed by atoms with Crippen LogP contribution >= 0.6 is 11.6 Å². The first-order valence-electron chi connectivity index (χ1n) is 5.93. The Morgan fingerprint density at radius 2 is 2.31 bits per heavy atom. The van der Waals surface area contributed by atoms with Gasteiger partial charge in [-0.25, -0.2) is 9.97 Å². The summed E-state index contributed by atoms with van der Waals surface area (Å²) in [5, 5.41) is 0. The van der Waals surface area contributed by atoms with E-state index in [1.807, 2.05) is 19.2 Å². The van der Waals surface area contributed by atoms with E-state index in [1.165, 1.54) is 19.3 Å². The van der Waals surface area contributed by atoms with Gasteiger partial charge in [-0.15, -0.1) is 11.6 Å². The summed E-state index contributed by atoms with van der Waals surface area (Å²) in [5.41, 5.74) is 1.03. The second-order valence-corrected chi connectivity index (χ2v) is 4.70. The van der Waals surface area contributed by atoms with Crippen LogP contribution in [-0.2, 0) is 0 Å². The summed E-state index contributed by atoms with van der Waals surface area (Å²) in [7, 11) is 0. The normalized spacial score (nSPS) is 15.9. The summed E-state index contributed by atoms with van der Waals surface area (Å²) in [4.78, 5) is 11.2. The summed E-state index contributed by atoms with van der Waals surface area (Å²) < 4.78 is 0. The third-order valence-electron chi connectivity index (χ3n) is 3.09. The van der Waals surface area contributed by atoms with Gasteiger partial charge in [0, 0.05) is 30.4 Å². The van der Waals surface area contributed by atoms with E-state index in [0.717, 1.165) is 24.6 Å². The van der Waals surface area contributed by atoms with Gasteiger partial charge in [0.1, 0.15) is 0 Å². The summed E-state index contributed by atoms with van der Waals surface area (Å²) in [6, 6.07) is 2.56. The van der Waals surface area contributed by atoms with Crippen LogP contribution in [-0.4, -0.2) is 28.4 Å². The molecule has 2 rings (SSSR count). The van der Waals surface area contributed by atoms with Gasteiger partial charge in [-0.3, -0.25) is 0 Å². The second kappa shape index (κ2) is 5.48. The van der Waals surface area contributed by atoms with Gasteiger partial charge < -0.3 is 4.90 Å². The second-order valence-electron chi connectivity index (χ2n) is 4.32. The van der Waals surface area contributed by atoms with Crippen molar-refractivity contribution in [3.05, 3.63) is 18.0 Å². The number of hydrogen-bond donors (Lipinski definition) is 0. The molecule has 3 nitrogen and oxygen atoms in total. The first-order valence-corrected chi connectivity index (χ1v) is 6.47. The van der Waals surface area contributed by atoms with E-state index in [0.29, 0.717) is 11.9 Å². The van der Waals surface area contributed by atoms with Gasteiger partial charge in [-0.2, -0.15) is 0 Å². The number of hydrogen-bond acceptors (Lipinski definition) is 3. The Labute approximate surface area is 102 Å². The molecule has 0 radical (unpaired) electrons. The fourth-order valence-corrected chi connectivity index (χ4v) is 2.07. The Morgan fingerprint density at radius 3 is 2.88 bits per heavy atom. The van der Waals surface area contributed by atoms with Crippen LogP contribution in [0.1, 0.15) is 31.4 Å². The average Bonchev–Trinajstić information content (AvgIpc) is 2.21. The van der Waals surface area contributed by atoms with Crippen LogP contribution in [0.4, 0.5) is 5.95 Å². The Balaban J connectivity index is 2.10. The molecule has 4 heteroatoms. The van der Waals surface area contributed by atoms with Gasteiger partial charge in [0.15, 0.2) is 0 Å². The van der Waals surface area contributed by atoms with Gasteiger partial charge >= 0.3 is 0 Å². The lowest BCUT2D eigenvalue weighted by Gasteiger charge is -2.37. The van der Waals surface area contributed by atoms with Crippen LogP contribution in [0.15, 0.2) is 12.3 Å². The smallest absolute Gasteiger partial charge is 0.225 e. The average molecular weight is 240 g/mol. The lowest BCUT2D eigenvalue weighted by molar-refractivity contribution is 0.381. The van der Waals surface area contributed by atoms with Crippen LogP contribution in [0.2, 0.25) is 0 Å². The molecule has 0 saturated heterocycles. The van der Waals surface area contributed by atoms with Crippen molar-refractivity contribution < 1.29 is 0 Å². The highest BCUT2D eigenvalue weighted by molar-refractivity contribution is 6.17. The molecule has 0 atom stereocenters. The standard InChI is InChI=1S/C12H18ClN3/c1-10-6-8-14-12(15-10)16(9-3-7-13)11-4-2-5-11/h6,8,11H,2-5,7,9H2,1H3. The van der Waals surface area contributed by atoms with Crippen LogP contribution in [0, 0.1) is 6.92 Å². The van der Waals surface area contributed by atoms with Crippen molar-refractivity contribution in [2.24, 2.45) is 0 Å². The Morgan fingerprint density at radius 1 is 1.50 bits per heavy atom. The third kappa shape index (κ3) is 2.64.